The van der Waals surface area contributed by atoms with E-state index in [1.54, 1.807) is 35.4 Å². The highest BCUT2D eigenvalue weighted by molar-refractivity contribution is 5.95. The molecular formula is C39H41N3O10. The molecule has 13 nitrogen and oxygen atoms in total. The lowest BCUT2D eigenvalue weighted by Crippen LogP contribution is -2.69. The molecule has 1 saturated carbocycles. The van der Waals surface area contributed by atoms with E-state index < -0.39 is 47.6 Å². The van der Waals surface area contributed by atoms with Crippen LogP contribution < -0.4 is 10.6 Å². The average Bonchev–Trinajstić information content (AvgIpc) is 3.83. The van der Waals surface area contributed by atoms with Crippen LogP contribution in [0.1, 0.15) is 44.6 Å². The number of fused-ring (bicyclic) bond motifs is 5. The van der Waals surface area contributed by atoms with Crippen LogP contribution in [-0.4, -0.2) is 95.7 Å². The van der Waals surface area contributed by atoms with Gasteiger partial charge in [0.25, 0.3) is 5.91 Å². The Labute approximate surface area is 300 Å². The number of hydrogen-bond donors (Lipinski definition) is 4. The van der Waals surface area contributed by atoms with Crippen LogP contribution in [0.2, 0.25) is 0 Å². The van der Waals surface area contributed by atoms with Gasteiger partial charge in [0, 0.05) is 37.9 Å². The molecule has 0 aromatic heterocycles. The molecule has 272 valence electrons. The van der Waals surface area contributed by atoms with Gasteiger partial charge in [-0.25, -0.2) is 0 Å². The molecule has 3 aliphatic heterocycles. The van der Waals surface area contributed by atoms with E-state index in [-0.39, 0.29) is 57.7 Å². The Kier molecular flexibility index (Phi) is 9.32. The van der Waals surface area contributed by atoms with Crippen LogP contribution in [-0.2, 0) is 59.3 Å². The van der Waals surface area contributed by atoms with Gasteiger partial charge in [0.15, 0.2) is 11.8 Å². The number of carbonyl (C=O) groups excluding carboxylic acids is 3. The summed E-state index contributed by atoms with van der Waals surface area (Å²) in [4.78, 5) is 48.0. The highest BCUT2D eigenvalue weighted by Crippen LogP contribution is 2.58. The topological polar surface area (TPSA) is 165 Å². The standard InChI is InChI=1S/C39H41N3O10/c43-13-12-40-35(45)27-10-4-6-25(18-27)22-41-37(47)39-21-30-31-32(51-38(50-31)19-28-8-1-2-9-29(28)20-38)34(39)52-42(33(39)36(46)49-30)23-26-7-3-5-24(17-26)11-15-48-16-14-44/h1-11,15,17-18,30-34,43-44H,12-14,16,19-23H2,(H,40,45)(H,41,47)/t30-,31+,32+,33+,34-,39+/m1/s1. The van der Waals surface area contributed by atoms with E-state index in [4.69, 9.17) is 34.0 Å². The summed E-state index contributed by atoms with van der Waals surface area (Å²) in [6, 6.07) is 21.5. The first kappa shape index (κ1) is 34.5. The van der Waals surface area contributed by atoms with Gasteiger partial charge in [-0.3, -0.25) is 19.2 Å². The third kappa shape index (κ3) is 6.16. The Balaban J connectivity index is 1.09. The number of amides is 2. The summed E-state index contributed by atoms with van der Waals surface area (Å²) in [6.07, 6.45) is 1.60. The van der Waals surface area contributed by atoms with E-state index in [1.807, 2.05) is 36.4 Å². The monoisotopic (exact) mass is 711 g/mol. The molecule has 0 radical (unpaired) electrons. The maximum Gasteiger partial charge on any atom is 0.327 e. The van der Waals surface area contributed by atoms with E-state index in [9.17, 15) is 14.4 Å². The number of aliphatic hydroxyl groups excluding tert-OH is 2. The van der Waals surface area contributed by atoms with Crippen molar-refractivity contribution < 1.29 is 48.4 Å². The van der Waals surface area contributed by atoms with E-state index >= 15 is 0 Å². The third-order valence-electron chi connectivity index (χ3n) is 10.6. The lowest BCUT2D eigenvalue weighted by atomic mass is 9.62. The molecule has 5 aliphatic rings. The molecule has 3 heterocycles. The molecule has 52 heavy (non-hydrogen) atoms. The van der Waals surface area contributed by atoms with Crippen molar-refractivity contribution in [2.45, 2.75) is 68.6 Å². The molecule has 4 fully saturated rings. The number of hydroxylamine groups is 2. The summed E-state index contributed by atoms with van der Waals surface area (Å²) >= 11 is 0. The second kappa shape index (κ2) is 14.1. The molecule has 2 aliphatic carbocycles. The van der Waals surface area contributed by atoms with Crippen LogP contribution in [0.25, 0.3) is 6.08 Å². The van der Waals surface area contributed by atoms with Gasteiger partial charge in [-0.15, -0.1) is 0 Å². The maximum absolute atomic E-state index is 14.7. The largest absolute Gasteiger partial charge is 0.499 e. The van der Waals surface area contributed by atoms with Crippen molar-refractivity contribution >= 4 is 23.9 Å². The van der Waals surface area contributed by atoms with Crippen LogP contribution in [0.5, 0.6) is 0 Å². The first-order valence-corrected chi connectivity index (χ1v) is 17.6. The molecule has 3 saturated heterocycles. The molecular weight excluding hydrogens is 670 g/mol. The van der Waals surface area contributed by atoms with Gasteiger partial charge in [0.1, 0.15) is 36.4 Å². The number of benzene rings is 3. The summed E-state index contributed by atoms with van der Waals surface area (Å²) < 4.78 is 24.9. The molecule has 3 aromatic rings. The Bertz CT molecular complexity index is 1860. The summed E-state index contributed by atoms with van der Waals surface area (Å²) in [5.41, 5.74) is 3.64. The van der Waals surface area contributed by atoms with Crippen molar-refractivity contribution in [1.29, 1.82) is 0 Å². The van der Waals surface area contributed by atoms with Gasteiger partial charge < -0.3 is 39.8 Å². The van der Waals surface area contributed by atoms with Crippen molar-refractivity contribution in [3.05, 3.63) is 112 Å². The summed E-state index contributed by atoms with van der Waals surface area (Å²) in [7, 11) is 0. The van der Waals surface area contributed by atoms with Crippen molar-refractivity contribution in [3.8, 4) is 0 Å². The number of aliphatic hydroxyl groups is 2. The SMILES string of the molecule is O=C(NCCO)c1cccc(CNC(=O)[C@@]23C[C@H]4OC(=O)[C@@H]2N(Cc2cccc(C=COCCO)c2)O[C@@H]3[C@H]2OC3(Cc5ccccc5C3)O[C@H]24)c1. The molecule has 0 unspecified atom stereocenters. The molecule has 13 heteroatoms. The zero-order valence-electron chi connectivity index (χ0n) is 28.4. The lowest BCUT2D eigenvalue weighted by molar-refractivity contribution is -0.217. The Morgan fingerprint density at radius 3 is 2.48 bits per heavy atom. The maximum atomic E-state index is 14.7. The van der Waals surface area contributed by atoms with E-state index in [1.165, 1.54) is 6.26 Å². The van der Waals surface area contributed by atoms with Crippen LogP contribution in [0.3, 0.4) is 0 Å². The van der Waals surface area contributed by atoms with Gasteiger partial charge in [0.2, 0.25) is 5.91 Å². The fourth-order valence-electron chi connectivity index (χ4n) is 8.42. The molecule has 6 atom stereocenters. The highest BCUT2D eigenvalue weighted by atomic mass is 16.8. The molecule has 1 spiro atoms. The van der Waals surface area contributed by atoms with E-state index in [0.717, 1.165) is 22.3 Å². The lowest BCUT2D eigenvalue weighted by Gasteiger charge is -2.48. The Morgan fingerprint density at radius 2 is 1.69 bits per heavy atom. The van der Waals surface area contributed by atoms with Gasteiger partial charge in [-0.2, -0.15) is 5.06 Å². The van der Waals surface area contributed by atoms with Gasteiger partial charge in [0.05, 0.1) is 26.0 Å². The van der Waals surface area contributed by atoms with Crippen LogP contribution in [0.15, 0.2) is 79.1 Å². The smallest absolute Gasteiger partial charge is 0.327 e. The van der Waals surface area contributed by atoms with E-state index in [2.05, 4.69) is 22.8 Å². The van der Waals surface area contributed by atoms with Gasteiger partial charge >= 0.3 is 5.97 Å². The number of esters is 1. The molecule has 4 N–H and O–H groups in total. The molecule has 8 rings (SSSR count). The second-order valence-electron chi connectivity index (χ2n) is 13.9. The van der Waals surface area contributed by atoms with Crippen molar-refractivity contribution in [1.82, 2.24) is 15.7 Å². The predicted molar refractivity (Wildman–Crippen MR) is 184 cm³/mol. The Morgan fingerprint density at radius 1 is 0.923 bits per heavy atom. The average molecular weight is 712 g/mol. The normalized spacial score (nSPS) is 28.0. The minimum Gasteiger partial charge on any atom is -0.499 e. The molecule has 3 aromatic carbocycles. The number of nitrogens with one attached hydrogen (secondary N) is 2. The van der Waals surface area contributed by atoms with E-state index in [0.29, 0.717) is 24.0 Å². The predicted octanol–water partition coefficient (Wildman–Crippen LogP) is 1.78. The second-order valence-corrected chi connectivity index (χ2v) is 13.9. The number of carbonyl (C=O) groups is 3. The fraction of sp³-hybridized carbons (Fsp3) is 0.410. The minimum atomic E-state index is -1.37. The first-order valence-electron chi connectivity index (χ1n) is 17.6. The minimum absolute atomic E-state index is 0.0921. The third-order valence-corrected chi connectivity index (χ3v) is 10.6. The summed E-state index contributed by atoms with van der Waals surface area (Å²) in [5, 5.41) is 25.4. The first-order chi connectivity index (χ1) is 25.3. The van der Waals surface area contributed by atoms with Crippen molar-refractivity contribution in [2.24, 2.45) is 5.41 Å². The summed E-state index contributed by atoms with van der Waals surface area (Å²) in [6.45, 7) is 0.307. The Hall–Kier alpha value is -4.63. The summed E-state index contributed by atoms with van der Waals surface area (Å²) in [5.74, 6) is -2.25. The quantitative estimate of drug-likeness (QED) is 0.123. The van der Waals surface area contributed by atoms with Gasteiger partial charge in [-0.1, -0.05) is 60.7 Å². The zero-order chi connectivity index (χ0) is 35.9. The number of hydrogen-bond acceptors (Lipinski definition) is 11. The van der Waals surface area contributed by atoms with Crippen LogP contribution in [0.4, 0.5) is 0 Å². The van der Waals surface area contributed by atoms with Crippen LogP contribution in [0, 0.1) is 5.41 Å². The fourth-order valence-corrected chi connectivity index (χ4v) is 8.42. The van der Waals surface area contributed by atoms with Gasteiger partial charge in [-0.05, 0) is 46.0 Å². The number of ether oxygens (including phenoxy) is 4. The number of rotatable bonds is 12. The van der Waals surface area contributed by atoms with Crippen molar-refractivity contribution in [3.63, 3.8) is 0 Å². The zero-order valence-corrected chi connectivity index (χ0v) is 28.4. The van der Waals surface area contributed by atoms with Crippen LogP contribution >= 0.6 is 0 Å². The highest BCUT2D eigenvalue weighted by Gasteiger charge is 2.76. The molecule has 2 bridgehead atoms. The number of nitrogens with zero attached hydrogens (tertiary/aromatic N) is 1. The van der Waals surface area contributed by atoms with Crippen molar-refractivity contribution in [2.75, 3.05) is 26.4 Å². The molecule has 2 amide bonds.